The van der Waals surface area contributed by atoms with Crippen LogP contribution in [-0.2, 0) is 4.79 Å². The van der Waals surface area contributed by atoms with Crippen molar-refractivity contribution in [2.75, 3.05) is 12.4 Å². The fourth-order valence-corrected chi connectivity index (χ4v) is 2.54. The Labute approximate surface area is 151 Å². The molecule has 0 spiro atoms. The summed E-state index contributed by atoms with van der Waals surface area (Å²) in [5.74, 6) is -0.378. The van der Waals surface area contributed by atoms with E-state index in [1.54, 1.807) is 37.4 Å². The highest BCUT2D eigenvalue weighted by molar-refractivity contribution is 9.11. The number of amides is 2. The predicted octanol–water partition coefficient (Wildman–Crippen LogP) is 4.22. The molecule has 2 rings (SSSR count). The number of nitrogens with one attached hydrogen (secondary N) is 2. The minimum atomic E-state index is -0.237. The van der Waals surface area contributed by atoms with E-state index in [0.717, 1.165) is 14.5 Å². The smallest absolute Gasteiger partial charge is 0.251 e. The summed E-state index contributed by atoms with van der Waals surface area (Å²) >= 11 is 6.75. The molecule has 0 aromatic heterocycles. The van der Waals surface area contributed by atoms with Crippen LogP contribution in [0.3, 0.4) is 0 Å². The van der Waals surface area contributed by atoms with Crippen molar-refractivity contribution in [2.45, 2.75) is 0 Å². The Bertz CT molecular complexity index is 756. The molecule has 0 radical (unpaired) electrons. The first-order valence-corrected chi connectivity index (χ1v) is 8.34. The Kier molecular flexibility index (Phi) is 6.12. The highest BCUT2D eigenvalue weighted by Crippen LogP contribution is 2.26. The maximum atomic E-state index is 12.0. The van der Waals surface area contributed by atoms with Crippen molar-refractivity contribution >= 4 is 55.4 Å². The van der Waals surface area contributed by atoms with Crippen LogP contribution in [0.4, 0.5) is 5.69 Å². The zero-order valence-electron chi connectivity index (χ0n) is 12.3. The summed E-state index contributed by atoms with van der Waals surface area (Å²) in [6, 6.07) is 12.5. The van der Waals surface area contributed by atoms with Gasteiger partial charge in [0.05, 0.1) is 5.69 Å². The molecule has 118 valence electrons. The van der Waals surface area contributed by atoms with E-state index in [9.17, 15) is 9.59 Å². The summed E-state index contributed by atoms with van der Waals surface area (Å²) in [6.07, 6.45) is 3.14. The summed E-state index contributed by atoms with van der Waals surface area (Å²) in [6.45, 7) is 0. The fraction of sp³-hybridized carbons (Fsp3) is 0.0588. The Balaban J connectivity index is 2.03. The van der Waals surface area contributed by atoms with Crippen LogP contribution in [0.2, 0.25) is 0 Å². The number of hydrogen-bond acceptors (Lipinski definition) is 2. The molecule has 2 aromatic carbocycles. The van der Waals surface area contributed by atoms with Gasteiger partial charge in [0.25, 0.3) is 5.91 Å². The molecule has 0 bridgehead atoms. The third-order valence-electron chi connectivity index (χ3n) is 3.01. The maximum Gasteiger partial charge on any atom is 0.251 e. The third-order valence-corrected chi connectivity index (χ3v) is 4.20. The molecule has 0 fully saturated rings. The van der Waals surface area contributed by atoms with Crippen molar-refractivity contribution in [1.29, 1.82) is 0 Å². The van der Waals surface area contributed by atoms with Crippen molar-refractivity contribution in [3.63, 3.8) is 0 Å². The van der Waals surface area contributed by atoms with Gasteiger partial charge in [0.1, 0.15) is 0 Å². The molecule has 2 aromatic rings. The molecule has 0 unspecified atom stereocenters. The lowest BCUT2D eigenvalue weighted by molar-refractivity contribution is -0.111. The van der Waals surface area contributed by atoms with E-state index in [0.29, 0.717) is 11.3 Å². The molecule has 0 aliphatic rings. The van der Waals surface area contributed by atoms with Gasteiger partial charge < -0.3 is 10.6 Å². The second-order valence-corrected chi connectivity index (χ2v) is 6.42. The maximum absolute atomic E-state index is 12.0. The Morgan fingerprint density at radius 3 is 2.39 bits per heavy atom. The molecule has 0 aliphatic carbocycles. The van der Waals surface area contributed by atoms with Crippen LogP contribution in [0.25, 0.3) is 6.08 Å². The SMILES string of the molecule is CNC(=O)c1ccc(/C=C/C(=O)Nc2cc(Br)ccc2Br)cc1. The number of hydrogen-bond donors (Lipinski definition) is 2. The minimum absolute atomic E-state index is 0.141. The van der Waals surface area contributed by atoms with Crippen LogP contribution in [0.1, 0.15) is 15.9 Å². The zero-order valence-corrected chi connectivity index (χ0v) is 15.4. The van der Waals surface area contributed by atoms with E-state index >= 15 is 0 Å². The van der Waals surface area contributed by atoms with Gasteiger partial charge in [-0.15, -0.1) is 0 Å². The zero-order chi connectivity index (χ0) is 16.8. The molecule has 23 heavy (non-hydrogen) atoms. The van der Waals surface area contributed by atoms with Gasteiger partial charge in [-0.3, -0.25) is 9.59 Å². The number of carbonyl (C=O) groups excluding carboxylic acids is 2. The van der Waals surface area contributed by atoms with Crippen LogP contribution in [0.15, 0.2) is 57.5 Å². The molecular formula is C17H14Br2N2O2. The number of benzene rings is 2. The van der Waals surface area contributed by atoms with Crippen molar-refractivity contribution < 1.29 is 9.59 Å². The lowest BCUT2D eigenvalue weighted by Crippen LogP contribution is -2.17. The highest BCUT2D eigenvalue weighted by Gasteiger charge is 2.04. The molecule has 0 heterocycles. The Morgan fingerprint density at radius 2 is 1.74 bits per heavy atom. The monoisotopic (exact) mass is 436 g/mol. The van der Waals surface area contributed by atoms with Gasteiger partial charge >= 0.3 is 0 Å². The molecule has 0 atom stereocenters. The average molecular weight is 438 g/mol. The van der Waals surface area contributed by atoms with E-state index < -0.39 is 0 Å². The van der Waals surface area contributed by atoms with Gasteiger partial charge in [-0.05, 0) is 57.9 Å². The summed E-state index contributed by atoms with van der Waals surface area (Å²) in [4.78, 5) is 23.4. The molecule has 6 heteroatoms. The molecule has 0 saturated carbocycles. The number of halogens is 2. The lowest BCUT2D eigenvalue weighted by Gasteiger charge is -2.05. The van der Waals surface area contributed by atoms with Crippen molar-refractivity contribution in [2.24, 2.45) is 0 Å². The summed E-state index contributed by atoms with van der Waals surface area (Å²) in [5, 5.41) is 5.35. The Hall–Kier alpha value is -1.92. The van der Waals surface area contributed by atoms with Gasteiger partial charge in [0.15, 0.2) is 0 Å². The van der Waals surface area contributed by atoms with Crippen molar-refractivity contribution in [3.05, 3.63) is 68.6 Å². The van der Waals surface area contributed by atoms with Crippen LogP contribution in [-0.4, -0.2) is 18.9 Å². The highest BCUT2D eigenvalue weighted by atomic mass is 79.9. The average Bonchev–Trinajstić information content (AvgIpc) is 2.56. The van der Waals surface area contributed by atoms with Gasteiger partial charge in [-0.25, -0.2) is 0 Å². The fourth-order valence-electron chi connectivity index (χ4n) is 1.83. The van der Waals surface area contributed by atoms with E-state index in [4.69, 9.17) is 0 Å². The Morgan fingerprint density at radius 1 is 1.04 bits per heavy atom. The van der Waals surface area contributed by atoms with E-state index in [1.165, 1.54) is 6.08 Å². The summed E-state index contributed by atoms with van der Waals surface area (Å²) < 4.78 is 1.68. The van der Waals surface area contributed by atoms with Gasteiger partial charge in [0, 0.05) is 27.6 Å². The first-order valence-electron chi connectivity index (χ1n) is 6.76. The number of anilines is 1. The molecule has 0 aliphatic heterocycles. The van der Waals surface area contributed by atoms with E-state index in [1.807, 2.05) is 18.2 Å². The van der Waals surface area contributed by atoms with Crippen molar-refractivity contribution in [1.82, 2.24) is 5.32 Å². The second-order valence-electron chi connectivity index (χ2n) is 4.65. The second kappa shape index (κ2) is 8.08. The van der Waals surface area contributed by atoms with Gasteiger partial charge in [0.2, 0.25) is 5.91 Å². The van der Waals surface area contributed by atoms with Gasteiger partial charge in [-0.1, -0.05) is 28.1 Å². The molecule has 2 amide bonds. The van der Waals surface area contributed by atoms with Crippen LogP contribution in [0.5, 0.6) is 0 Å². The quantitative estimate of drug-likeness (QED) is 0.703. The topological polar surface area (TPSA) is 58.2 Å². The minimum Gasteiger partial charge on any atom is -0.355 e. The first-order chi connectivity index (χ1) is 11.0. The van der Waals surface area contributed by atoms with E-state index in [-0.39, 0.29) is 11.8 Å². The molecule has 0 saturated heterocycles. The van der Waals surface area contributed by atoms with Crippen LogP contribution < -0.4 is 10.6 Å². The molecular weight excluding hydrogens is 424 g/mol. The van der Waals surface area contributed by atoms with E-state index in [2.05, 4.69) is 42.5 Å². The first kappa shape index (κ1) is 17.4. The molecule has 2 N–H and O–H groups in total. The van der Waals surface area contributed by atoms with Gasteiger partial charge in [-0.2, -0.15) is 0 Å². The summed E-state index contributed by atoms with van der Waals surface area (Å²) in [7, 11) is 1.58. The third kappa shape index (κ3) is 5.04. The summed E-state index contributed by atoms with van der Waals surface area (Å²) in [5.41, 5.74) is 2.09. The van der Waals surface area contributed by atoms with Crippen LogP contribution in [0, 0.1) is 0 Å². The predicted molar refractivity (Wildman–Crippen MR) is 99.3 cm³/mol. The normalized spacial score (nSPS) is 10.6. The van der Waals surface area contributed by atoms with Crippen LogP contribution >= 0.6 is 31.9 Å². The standard InChI is InChI=1S/C17H14Br2N2O2/c1-20-17(23)12-5-2-11(3-6-12)4-9-16(22)21-15-10-13(18)7-8-14(15)19/h2-10H,1H3,(H,20,23)(H,21,22)/b9-4+. The largest absolute Gasteiger partial charge is 0.355 e. The number of rotatable bonds is 4. The molecule has 4 nitrogen and oxygen atoms in total. The van der Waals surface area contributed by atoms with Crippen molar-refractivity contribution in [3.8, 4) is 0 Å². The number of carbonyl (C=O) groups is 2. The lowest BCUT2D eigenvalue weighted by atomic mass is 10.1.